The van der Waals surface area contributed by atoms with Crippen molar-refractivity contribution in [3.63, 3.8) is 0 Å². The largest absolute Gasteiger partial charge is 0.507 e. The van der Waals surface area contributed by atoms with Gasteiger partial charge < -0.3 is 10.2 Å². The summed E-state index contributed by atoms with van der Waals surface area (Å²) in [4.78, 5) is 2.27. The first-order valence-electron chi connectivity index (χ1n) is 5.94. The lowest BCUT2D eigenvalue weighted by atomic mass is 10.1. The highest BCUT2D eigenvalue weighted by atomic mass is 79.9. The van der Waals surface area contributed by atoms with E-state index in [1.807, 2.05) is 19.1 Å². The van der Waals surface area contributed by atoms with Gasteiger partial charge >= 0.3 is 0 Å². The maximum Gasteiger partial charge on any atom is 0.123 e. The molecule has 0 radical (unpaired) electrons. The van der Waals surface area contributed by atoms with Crippen molar-refractivity contribution in [1.82, 2.24) is 4.90 Å². The van der Waals surface area contributed by atoms with Crippen LogP contribution in [0, 0.1) is 6.92 Å². The summed E-state index contributed by atoms with van der Waals surface area (Å²) in [5.74, 6) is 0.388. The van der Waals surface area contributed by atoms with E-state index in [1.165, 1.54) is 0 Å². The van der Waals surface area contributed by atoms with Gasteiger partial charge in [0, 0.05) is 29.7 Å². The third-order valence-corrected chi connectivity index (χ3v) is 3.75. The van der Waals surface area contributed by atoms with Crippen molar-refractivity contribution in [3.8, 4) is 5.75 Å². The van der Waals surface area contributed by atoms with Crippen LogP contribution in [-0.2, 0) is 6.54 Å². The molecule has 0 amide bonds. The maximum absolute atomic E-state index is 10.0. The molecule has 0 aromatic heterocycles. The lowest BCUT2D eigenvalue weighted by molar-refractivity contribution is 0.0789. The van der Waals surface area contributed by atoms with Crippen LogP contribution in [0.4, 0.5) is 0 Å². The number of aliphatic hydroxyl groups is 1. The highest BCUT2D eigenvalue weighted by Gasteiger charge is 2.18. The molecule has 1 aromatic carbocycles. The Morgan fingerprint density at radius 1 is 1.35 bits per heavy atom. The van der Waals surface area contributed by atoms with Gasteiger partial charge in [0.25, 0.3) is 0 Å². The van der Waals surface area contributed by atoms with Crippen molar-refractivity contribution in [2.24, 2.45) is 0 Å². The number of aryl methyl sites for hydroxylation is 1. The van der Waals surface area contributed by atoms with Crippen LogP contribution in [0.15, 0.2) is 16.6 Å². The molecular formula is C13H18BrNO2. The van der Waals surface area contributed by atoms with Crippen molar-refractivity contribution >= 4 is 15.9 Å². The summed E-state index contributed by atoms with van der Waals surface area (Å²) in [7, 11) is 0. The number of nitrogens with zero attached hydrogens (tertiary/aromatic N) is 1. The van der Waals surface area contributed by atoms with Crippen LogP contribution in [0.5, 0.6) is 5.75 Å². The minimum atomic E-state index is -0.149. The first-order valence-corrected chi connectivity index (χ1v) is 6.74. The van der Waals surface area contributed by atoms with E-state index in [-0.39, 0.29) is 6.10 Å². The third-order valence-electron chi connectivity index (χ3n) is 3.30. The van der Waals surface area contributed by atoms with Gasteiger partial charge in [-0.2, -0.15) is 0 Å². The molecule has 3 nitrogen and oxygen atoms in total. The number of rotatable bonds is 2. The number of likely N-dealkylation sites (tertiary alicyclic amines) is 1. The zero-order valence-corrected chi connectivity index (χ0v) is 11.6. The summed E-state index contributed by atoms with van der Waals surface area (Å²) >= 11 is 3.45. The second-order valence-electron chi connectivity index (χ2n) is 4.74. The van der Waals surface area contributed by atoms with Crippen LogP contribution in [-0.4, -0.2) is 34.3 Å². The number of hydrogen-bond acceptors (Lipinski definition) is 3. The molecular weight excluding hydrogens is 282 g/mol. The van der Waals surface area contributed by atoms with E-state index in [0.717, 1.165) is 48.1 Å². The molecule has 1 aromatic rings. The van der Waals surface area contributed by atoms with Gasteiger partial charge in [-0.25, -0.2) is 0 Å². The molecule has 4 heteroatoms. The van der Waals surface area contributed by atoms with E-state index in [2.05, 4.69) is 20.8 Å². The lowest BCUT2D eigenvalue weighted by Crippen LogP contribution is -2.35. The van der Waals surface area contributed by atoms with Crippen LogP contribution in [0.25, 0.3) is 0 Å². The van der Waals surface area contributed by atoms with Gasteiger partial charge in [0.15, 0.2) is 0 Å². The van der Waals surface area contributed by atoms with Crippen molar-refractivity contribution < 1.29 is 10.2 Å². The molecule has 2 rings (SSSR count). The van der Waals surface area contributed by atoms with Crippen molar-refractivity contribution in [2.45, 2.75) is 32.4 Å². The van der Waals surface area contributed by atoms with Crippen molar-refractivity contribution in [1.29, 1.82) is 0 Å². The number of aromatic hydroxyl groups is 1. The molecule has 1 heterocycles. The Hall–Kier alpha value is -0.580. The average molecular weight is 300 g/mol. The van der Waals surface area contributed by atoms with E-state index in [1.54, 1.807) is 0 Å². The summed E-state index contributed by atoms with van der Waals surface area (Å²) in [5.41, 5.74) is 1.85. The van der Waals surface area contributed by atoms with E-state index < -0.39 is 0 Å². The first-order chi connectivity index (χ1) is 8.06. The fraction of sp³-hybridized carbons (Fsp3) is 0.538. The number of aliphatic hydroxyl groups excluding tert-OH is 1. The summed E-state index contributed by atoms with van der Waals surface area (Å²) < 4.78 is 1.000. The van der Waals surface area contributed by atoms with Crippen LogP contribution in [0.1, 0.15) is 24.0 Å². The van der Waals surface area contributed by atoms with Gasteiger partial charge in [-0.05, 0) is 37.5 Å². The zero-order valence-electron chi connectivity index (χ0n) is 9.99. The van der Waals surface area contributed by atoms with Crippen LogP contribution in [0.3, 0.4) is 0 Å². The lowest BCUT2D eigenvalue weighted by Gasteiger charge is -2.29. The molecule has 2 N–H and O–H groups in total. The summed E-state index contributed by atoms with van der Waals surface area (Å²) in [6.07, 6.45) is 1.51. The fourth-order valence-electron chi connectivity index (χ4n) is 2.24. The number of phenols is 1. The third kappa shape index (κ3) is 3.21. The van der Waals surface area contributed by atoms with Gasteiger partial charge in [-0.3, -0.25) is 4.90 Å². The molecule has 0 aliphatic carbocycles. The molecule has 0 saturated carbocycles. The molecule has 1 aliphatic heterocycles. The molecule has 0 atom stereocenters. The average Bonchev–Trinajstić information content (AvgIpc) is 2.28. The van der Waals surface area contributed by atoms with Gasteiger partial charge in [-0.1, -0.05) is 15.9 Å². The second kappa shape index (κ2) is 5.38. The number of piperidine rings is 1. The van der Waals surface area contributed by atoms with Crippen LogP contribution in [0.2, 0.25) is 0 Å². The molecule has 17 heavy (non-hydrogen) atoms. The number of hydrogen-bond donors (Lipinski definition) is 2. The Labute approximate surface area is 110 Å². The van der Waals surface area contributed by atoms with Crippen LogP contribution >= 0.6 is 15.9 Å². The van der Waals surface area contributed by atoms with Crippen molar-refractivity contribution in [3.05, 3.63) is 27.7 Å². The molecule has 0 spiro atoms. The Morgan fingerprint density at radius 2 is 2.00 bits per heavy atom. The summed E-state index contributed by atoms with van der Waals surface area (Å²) in [6.45, 7) is 4.45. The number of halogens is 1. The van der Waals surface area contributed by atoms with E-state index in [0.29, 0.717) is 5.75 Å². The standard InChI is InChI=1S/C13H18BrNO2/c1-9-6-11(14)7-10(13(9)17)8-15-4-2-12(16)3-5-15/h6-7,12,16-17H,2-5,8H2,1H3. The molecule has 0 bridgehead atoms. The number of benzene rings is 1. The first kappa shape index (κ1) is 12.9. The van der Waals surface area contributed by atoms with E-state index in [9.17, 15) is 10.2 Å². The number of phenolic OH excluding ortho intramolecular Hbond substituents is 1. The fourth-order valence-corrected chi connectivity index (χ4v) is 2.86. The van der Waals surface area contributed by atoms with Crippen LogP contribution < -0.4 is 0 Å². The summed E-state index contributed by atoms with van der Waals surface area (Å²) in [6, 6.07) is 3.88. The minimum absolute atomic E-state index is 0.149. The van der Waals surface area contributed by atoms with Gasteiger partial charge in [0.1, 0.15) is 5.75 Å². The molecule has 0 unspecified atom stereocenters. The highest BCUT2D eigenvalue weighted by Crippen LogP contribution is 2.28. The smallest absolute Gasteiger partial charge is 0.123 e. The van der Waals surface area contributed by atoms with Gasteiger partial charge in [0.2, 0.25) is 0 Å². The normalized spacial score (nSPS) is 18.5. The Morgan fingerprint density at radius 3 is 2.65 bits per heavy atom. The topological polar surface area (TPSA) is 43.7 Å². The molecule has 1 fully saturated rings. The van der Waals surface area contributed by atoms with Gasteiger partial charge in [0.05, 0.1) is 6.10 Å². The van der Waals surface area contributed by atoms with Crippen molar-refractivity contribution in [2.75, 3.05) is 13.1 Å². The minimum Gasteiger partial charge on any atom is -0.507 e. The Bertz CT molecular complexity index is 401. The highest BCUT2D eigenvalue weighted by molar-refractivity contribution is 9.10. The molecule has 1 aliphatic rings. The predicted molar refractivity (Wildman–Crippen MR) is 71.1 cm³/mol. The Kier molecular flexibility index (Phi) is 4.07. The van der Waals surface area contributed by atoms with E-state index >= 15 is 0 Å². The van der Waals surface area contributed by atoms with Gasteiger partial charge in [-0.15, -0.1) is 0 Å². The SMILES string of the molecule is Cc1cc(Br)cc(CN2CCC(O)CC2)c1O. The Balaban J connectivity index is 2.08. The quantitative estimate of drug-likeness (QED) is 0.881. The summed E-state index contributed by atoms with van der Waals surface area (Å²) in [5, 5.41) is 19.5. The second-order valence-corrected chi connectivity index (χ2v) is 5.65. The molecule has 1 saturated heterocycles. The predicted octanol–water partition coefficient (Wildman–Crippen LogP) is 2.42. The zero-order chi connectivity index (χ0) is 12.4. The maximum atomic E-state index is 10.0. The molecule has 94 valence electrons. The van der Waals surface area contributed by atoms with E-state index in [4.69, 9.17) is 0 Å². The monoisotopic (exact) mass is 299 g/mol.